The van der Waals surface area contributed by atoms with Crippen LogP contribution in [0.25, 0.3) is 0 Å². The van der Waals surface area contributed by atoms with E-state index in [1.165, 1.54) is 5.56 Å². The molecule has 4 heteroatoms. The van der Waals surface area contributed by atoms with Gasteiger partial charge in [-0.25, -0.2) is 8.42 Å². The molecule has 0 spiro atoms. The fraction of sp³-hybridized carbons (Fsp3) is 0.100. The van der Waals surface area contributed by atoms with E-state index < -0.39 is 10.0 Å². The Kier molecular flexibility index (Phi) is 4.67. The molecular weight excluding hydrogens is 318 g/mol. The Labute approximate surface area is 143 Å². The number of hydrogen-bond acceptors (Lipinski definition) is 2. The second-order valence-corrected chi connectivity index (χ2v) is 7.46. The summed E-state index contributed by atoms with van der Waals surface area (Å²) < 4.78 is 27.4. The van der Waals surface area contributed by atoms with E-state index in [0.717, 1.165) is 17.5 Å². The van der Waals surface area contributed by atoms with Crippen molar-refractivity contribution in [3.63, 3.8) is 0 Å². The fourth-order valence-corrected chi connectivity index (χ4v) is 3.51. The molecule has 0 amide bonds. The molecule has 0 atom stereocenters. The summed E-state index contributed by atoms with van der Waals surface area (Å²) in [5.41, 5.74) is 3.96. The second kappa shape index (κ2) is 6.89. The van der Waals surface area contributed by atoms with E-state index in [0.29, 0.717) is 5.69 Å². The molecule has 0 radical (unpaired) electrons. The van der Waals surface area contributed by atoms with Gasteiger partial charge in [0.05, 0.1) is 4.90 Å². The first-order valence-electron chi connectivity index (χ1n) is 7.75. The lowest BCUT2D eigenvalue weighted by Crippen LogP contribution is -2.12. The smallest absolute Gasteiger partial charge is 0.261 e. The molecule has 0 heterocycles. The van der Waals surface area contributed by atoms with Crippen molar-refractivity contribution in [3.8, 4) is 0 Å². The van der Waals surface area contributed by atoms with E-state index in [1.807, 2.05) is 37.3 Å². The molecule has 0 unspecified atom stereocenters. The Hall–Kier alpha value is -2.59. The number of anilines is 1. The molecule has 3 nitrogen and oxygen atoms in total. The van der Waals surface area contributed by atoms with Gasteiger partial charge in [0, 0.05) is 5.69 Å². The third kappa shape index (κ3) is 4.03. The average molecular weight is 337 g/mol. The van der Waals surface area contributed by atoms with Crippen molar-refractivity contribution in [3.05, 3.63) is 95.6 Å². The van der Waals surface area contributed by atoms with Gasteiger partial charge in [-0.05, 0) is 48.7 Å². The summed E-state index contributed by atoms with van der Waals surface area (Å²) in [4.78, 5) is 0.265. The highest BCUT2D eigenvalue weighted by atomic mass is 32.2. The summed E-state index contributed by atoms with van der Waals surface area (Å²) in [5.74, 6) is 0. The Morgan fingerprint density at radius 3 is 1.96 bits per heavy atom. The molecule has 3 aromatic rings. The minimum absolute atomic E-state index is 0.265. The van der Waals surface area contributed by atoms with Crippen molar-refractivity contribution in [2.45, 2.75) is 18.2 Å². The number of nitrogens with one attached hydrogen (secondary N) is 1. The van der Waals surface area contributed by atoms with Crippen LogP contribution in [0, 0.1) is 6.92 Å². The summed E-state index contributed by atoms with van der Waals surface area (Å²) in [7, 11) is -3.55. The zero-order valence-corrected chi connectivity index (χ0v) is 14.3. The fourth-order valence-electron chi connectivity index (χ4n) is 2.45. The Morgan fingerprint density at radius 1 is 0.750 bits per heavy atom. The van der Waals surface area contributed by atoms with Crippen LogP contribution in [0.2, 0.25) is 0 Å². The first-order valence-corrected chi connectivity index (χ1v) is 9.24. The first-order chi connectivity index (χ1) is 11.5. The normalized spacial score (nSPS) is 11.2. The summed E-state index contributed by atoms with van der Waals surface area (Å²) >= 11 is 0. The maximum atomic E-state index is 12.4. The summed E-state index contributed by atoms with van der Waals surface area (Å²) in [5, 5.41) is 0. The standard InChI is InChI=1S/C20H19NO2S/c1-16-7-13-20(14-8-16)24(22,23)21-19-11-9-18(10-12-19)15-17-5-3-2-4-6-17/h2-14,21H,15H2,1H3. The van der Waals surface area contributed by atoms with Crippen molar-refractivity contribution < 1.29 is 8.42 Å². The number of hydrogen-bond donors (Lipinski definition) is 1. The summed E-state index contributed by atoms with van der Waals surface area (Å²) in [6, 6.07) is 24.5. The Bertz CT molecular complexity index is 900. The quantitative estimate of drug-likeness (QED) is 0.751. The van der Waals surface area contributed by atoms with Gasteiger partial charge in [0.15, 0.2) is 0 Å². The lowest BCUT2D eigenvalue weighted by molar-refractivity contribution is 0.601. The third-order valence-electron chi connectivity index (χ3n) is 3.79. The van der Waals surface area contributed by atoms with E-state index in [9.17, 15) is 8.42 Å². The van der Waals surface area contributed by atoms with Crippen molar-refractivity contribution in [1.29, 1.82) is 0 Å². The highest BCUT2D eigenvalue weighted by Gasteiger charge is 2.13. The molecule has 0 aliphatic rings. The molecule has 0 fully saturated rings. The number of rotatable bonds is 5. The van der Waals surface area contributed by atoms with Gasteiger partial charge in [-0.15, -0.1) is 0 Å². The van der Waals surface area contributed by atoms with E-state index >= 15 is 0 Å². The third-order valence-corrected chi connectivity index (χ3v) is 5.19. The number of sulfonamides is 1. The SMILES string of the molecule is Cc1ccc(S(=O)(=O)Nc2ccc(Cc3ccccc3)cc2)cc1. The van der Waals surface area contributed by atoms with Crippen LogP contribution in [0.3, 0.4) is 0 Å². The van der Waals surface area contributed by atoms with Gasteiger partial charge in [-0.1, -0.05) is 60.2 Å². The molecule has 1 N–H and O–H groups in total. The van der Waals surface area contributed by atoms with Crippen LogP contribution in [-0.4, -0.2) is 8.42 Å². The van der Waals surface area contributed by atoms with Crippen molar-refractivity contribution in [1.82, 2.24) is 0 Å². The van der Waals surface area contributed by atoms with Crippen molar-refractivity contribution in [2.75, 3.05) is 4.72 Å². The van der Waals surface area contributed by atoms with Crippen LogP contribution in [0.5, 0.6) is 0 Å². The molecule has 122 valence electrons. The lowest BCUT2D eigenvalue weighted by atomic mass is 10.1. The molecular formula is C20H19NO2S. The zero-order valence-electron chi connectivity index (χ0n) is 13.4. The van der Waals surface area contributed by atoms with Gasteiger partial charge in [0.1, 0.15) is 0 Å². The number of benzene rings is 3. The van der Waals surface area contributed by atoms with Crippen LogP contribution < -0.4 is 4.72 Å². The van der Waals surface area contributed by atoms with Gasteiger partial charge >= 0.3 is 0 Å². The van der Waals surface area contributed by atoms with Crippen LogP contribution in [0.1, 0.15) is 16.7 Å². The minimum atomic E-state index is -3.55. The molecule has 3 rings (SSSR count). The molecule has 0 saturated carbocycles. The van der Waals surface area contributed by atoms with Crippen LogP contribution in [0.4, 0.5) is 5.69 Å². The molecule has 0 aliphatic carbocycles. The second-order valence-electron chi connectivity index (χ2n) is 5.78. The highest BCUT2D eigenvalue weighted by Crippen LogP contribution is 2.18. The Balaban J connectivity index is 1.73. The molecule has 24 heavy (non-hydrogen) atoms. The van der Waals surface area contributed by atoms with Gasteiger partial charge in [0.25, 0.3) is 10.0 Å². The van der Waals surface area contributed by atoms with Crippen LogP contribution in [0.15, 0.2) is 83.8 Å². The highest BCUT2D eigenvalue weighted by molar-refractivity contribution is 7.92. The van der Waals surface area contributed by atoms with Gasteiger partial charge < -0.3 is 0 Å². The van der Waals surface area contributed by atoms with Gasteiger partial charge in [0.2, 0.25) is 0 Å². The molecule has 0 aromatic heterocycles. The van der Waals surface area contributed by atoms with E-state index in [1.54, 1.807) is 36.4 Å². The molecule has 0 bridgehead atoms. The van der Waals surface area contributed by atoms with Crippen LogP contribution >= 0.6 is 0 Å². The van der Waals surface area contributed by atoms with E-state index in [2.05, 4.69) is 16.9 Å². The van der Waals surface area contributed by atoms with Crippen LogP contribution in [-0.2, 0) is 16.4 Å². The maximum Gasteiger partial charge on any atom is 0.261 e. The molecule has 0 saturated heterocycles. The predicted octanol–water partition coefficient (Wildman–Crippen LogP) is 4.39. The van der Waals surface area contributed by atoms with Crippen molar-refractivity contribution >= 4 is 15.7 Å². The number of aryl methyl sites for hydroxylation is 1. The Morgan fingerprint density at radius 2 is 1.33 bits per heavy atom. The summed E-state index contributed by atoms with van der Waals surface area (Å²) in [6.07, 6.45) is 0.825. The first kappa shape index (κ1) is 16.3. The lowest BCUT2D eigenvalue weighted by Gasteiger charge is -2.09. The largest absolute Gasteiger partial charge is 0.280 e. The monoisotopic (exact) mass is 337 g/mol. The maximum absolute atomic E-state index is 12.4. The minimum Gasteiger partial charge on any atom is -0.280 e. The molecule has 0 aliphatic heterocycles. The predicted molar refractivity (Wildman–Crippen MR) is 97.7 cm³/mol. The zero-order chi connectivity index (χ0) is 17.0. The summed E-state index contributed by atoms with van der Waals surface area (Å²) in [6.45, 7) is 1.93. The van der Waals surface area contributed by atoms with Gasteiger partial charge in [-0.2, -0.15) is 0 Å². The van der Waals surface area contributed by atoms with E-state index in [-0.39, 0.29) is 4.90 Å². The topological polar surface area (TPSA) is 46.2 Å². The van der Waals surface area contributed by atoms with Gasteiger partial charge in [-0.3, -0.25) is 4.72 Å². The van der Waals surface area contributed by atoms with E-state index in [4.69, 9.17) is 0 Å². The molecule has 3 aromatic carbocycles. The average Bonchev–Trinajstić information content (AvgIpc) is 2.58. The van der Waals surface area contributed by atoms with Crippen molar-refractivity contribution in [2.24, 2.45) is 0 Å².